The number of ether oxygens (including phenoxy) is 2. The molecule has 1 aliphatic rings. The molecule has 0 aliphatic carbocycles. The van der Waals surface area contributed by atoms with Crippen molar-refractivity contribution in [1.82, 2.24) is 10.2 Å². The first-order valence-corrected chi connectivity index (χ1v) is 11.8. The van der Waals surface area contributed by atoms with E-state index in [4.69, 9.17) is 21.1 Å². The maximum Gasteiger partial charge on any atom is 0.257 e. The number of hydrogen-bond acceptors (Lipinski definition) is 5. The Kier molecular flexibility index (Phi) is 8.55. The SMILES string of the molecule is COc1ccc(C(CNCc2cccc(NC(=O)c3ccccc3Cl)c2)N2CCOCC2)cc1. The molecule has 1 amide bonds. The first-order valence-electron chi connectivity index (χ1n) is 11.5. The number of morpholine rings is 1. The van der Waals surface area contributed by atoms with Gasteiger partial charge in [-0.25, -0.2) is 0 Å². The van der Waals surface area contributed by atoms with Gasteiger partial charge in [-0.1, -0.05) is 48.0 Å². The Bertz CT molecular complexity index is 1080. The van der Waals surface area contributed by atoms with Crippen LogP contribution in [-0.4, -0.2) is 50.8 Å². The highest BCUT2D eigenvalue weighted by Crippen LogP contribution is 2.24. The largest absolute Gasteiger partial charge is 0.497 e. The van der Waals surface area contributed by atoms with Crippen molar-refractivity contribution in [2.45, 2.75) is 12.6 Å². The average Bonchev–Trinajstić information content (AvgIpc) is 2.88. The summed E-state index contributed by atoms with van der Waals surface area (Å²) >= 11 is 6.16. The number of hydrogen-bond donors (Lipinski definition) is 2. The maximum absolute atomic E-state index is 12.6. The van der Waals surface area contributed by atoms with E-state index < -0.39 is 0 Å². The second kappa shape index (κ2) is 12.0. The van der Waals surface area contributed by atoms with E-state index >= 15 is 0 Å². The molecule has 0 aromatic heterocycles. The Morgan fingerprint density at radius 2 is 1.82 bits per heavy atom. The van der Waals surface area contributed by atoms with Gasteiger partial charge in [0.05, 0.1) is 30.9 Å². The second-order valence-electron chi connectivity index (χ2n) is 8.20. The molecule has 7 heteroatoms. The normalized spacial score (nSPS) is 15.0. The Hall–Kier alpha value is -2.90. The monoisotopic (exact) mass is 479 g/mol. The van der Waals surface area contributed by atoms with Gasteiger partial charge in [-0.15, -0.1) is 0 Å². The van der Waals surface area contributed by atoms with Crippen LogP contribution in [0.2, 0.25) is 5.02 Å². The molecule has 34 heavy (non-hydrogen) atoms. The minimum Gasteiger partial charge on any atom is -0.497 e. The Morgan fingerprint density at radius 3 is 2.56 bits per heavy atom. The number of anilines is 1. The molecular formula is C27H30ClN3O3. The highest BCUT2D eigenvalue weighted by Gasteiger charge is 2.22. The standard InChI is InChI=1S/C27H30ClN3O3/c1-33-23-11-9-21(10-12-23)26(31-13-15-34-16-14-31)19-29-18-20-5-4-6-22(17-20)30-27(32)24-7-2-3-8-25(24)28/h2-12,17,26,29H,13-16,18-19H2,1H3,(H,30,32). The molecule has 1 unspecified atom stereocenters. The van der Waals surface area contributed by atoms with Gasteiger partial charge in [-0.05, 0) is 47.5 Å². The van der Waals surface area contributed by atoms with Crippen LogP contribution in [0, 0.1) is 0 Å². The van der Waals surface area contributed by atoms with Gasteiger partial charge < -0.3 is 20.1 Å². The number of carbonyl (C=O) groups excluding carboxylic acids is 1. The van der Waals surface area contributed by atoms with Gasteiger partial charge in [0.2, 0.25) is 0 Å². The molecule has 4 rings (SSSR count). The smallest absolute Gasteiger partial charge is 0.257 e. The molecule has 1 aliphatic heterocycles. The number of carbonyl (C=O) groups is 1. The van der Waals surface area contributed by atoms with Crippen molar-refractivity contribution in [1.29, 1.82) is 0 Å². The fourth-order valence-electron chi connectivity index (χ4n) is 4.13. The third-order valence-corrected chi connectivity index (χ3v) is 6.29. The van der Waals surface area contributed by atoms with Crippen LogP contribution < -0.4 is 15.4 Å². The van der Waals surface area contributed by atoms with Crippen LogP contribution in [0.4, 0.5) is 5.69 Å². The first kappa shape index (κ1) is 24.2. The van der Waals surface area contributed by atoms with Gasteiger partial charge in [0.25, 0.3) is 5.91 Å². The van der Waals surface area contributed by atoms with E-state index in [2.05, 4.69) is 33.7 Å². The minimum absolute atomic E-state index is 0.220. The molecule has 178 valence electrons. The summed E-state index contributed by atoms with van der Waals surface area (Å²) in [5, 5.41) is 6.98. The van der Waals surface area contributed by atoms with Gasteiger partial charge in [-0.2, -0.15) is 0 Å². The molecule has 1 saturated heterocycles. The zero-order valence-corrected chi connectivity index (χ0v) is 20.1. The van der Waals surface area contributed by atoms with Crippen molar-refractivity contribution in [3.63, 3.8) is 0 Å². The highest BCUT2D eigenvalue weighted by molar-refractivity contribution is 6.34. The van der Waals surface area contributed by atoms with E-state index in [1.165, 1.54) is 5.56 Å². The van der Waals surface area contributed by atoms with Crippen molar-refractivity contribution in [3.8, 4) is 5.75 Å². The van der Waals surface area contributed by atoms with Crippen molar-refractivity contribution in [2.75, 3.05) is 45.3 Å². The van der Waals surface area contributed by atoms with Crippen molar-refractivity contribution in [2.24, 2.45) is 0 Å². The van der Waals surface area contributed by atoms with E-state index in [0.29, 0.717) is 17.1 Å². The summed E-state index contributed by atoms with van der Waals surface area (Å²) in [7, 11) is 1.68. The van der Waals surface area contributed by atoms with E-state index in [-0.39, 0.29) is 11.9 Å². The molecule has 0 bridgehead atoms. The summed E-state index contributed by atoms with van der Waals surface area (Å²) in [6, 6.07) is 23.4. The molecule has 3 aromatic rings. The third-order valence-electron chi connectivity index (χ3n) is 5.96. The molecule has 0 spiro atoms. The van der Waals surface area contributed by atoms with E-state index in [9.17, 15) is 4.79 Å². The van der Waals surface area contributed by atoms with E-state index in [0.717, 1.165) is 49.8 Å². The number of halogens is 1. The molecule has 6 nitrogen and oxygen atoms in total. The lowest BCUT2D eigenvalue weighted by Crippen LogP contribution is -2.42. The summed E-state index contributed by atoms with van der Waals surface area (Å²) in [5.41, 5.74) is 3.54. The first-order chi connectivity index (χ1) is 16.6. The number of benzene rings is 3. The maximum atomic E-state index is 12.6. The van der Waals surface area contributed by atoms with Crippen LogP contribution in [0.5, 0.6) is 5.75 Å². The summed E-state index contributed by atoms with van der Waals surface area (Å²) in [4.78, 5) is 15.0. The molecule has 0 saturated carbocycles. The Labute approximate surface area is 205 Å². The second-order valence-corrected chi connectivity index (χ2v) is 8.61. The van der Waals surface area contributed by atoms with Crippen LogP contribution in [-0.2, 0) is 11.3 Å². The van der Waals surface area contributed by atoms with Crippen LogP contribution in [0.1, 0.15) is 27.5 Å². The summed E-state index contributed by atoms with van der Waals surface area (Å²) in [6.45, 7) is 4.79. The van der Waals surface area contributed by atoms with Crippen LogP contribution in [0.3, 0.4) is 0 Å². The van der Waals surface area contributed by atoms with Crippen molar-refractivity contribution < 1.29 is 14.3 Å². The summed E-state index contributed by atoms with van der Waals surface area (Å²) in [5.74, 6) is 0.635. The molecule has 1 heterocycles. The van der Waals surface area contributed by atoms with E-state index in [1.54, 1.807) is 25.3 Å². The minimum atomic E-state index is -0.220. The third kappa shape index (κ3) is 6.36. The van der Waals surface area contributed by atoms with E-state index in [1.807, 2.05) is 36.4 Å². The molecule has 0 radical (unpaired) electrons. The lowest BCUT2D eigenvalue weighted by Gasteiger charge is -2.35. The fraction of sp³-hybridized carbons (Fsp3) is 0.296. The molecule has 2 N–H and O–H groups in total. The molecule has 1 fully saturated rings. The van der Waals surface area contributed by atoms with Gasteiger partial charge in [-0.3, -0.25) is 9.69 Å². The van der Waals surface area contributed by atoms with Crippen LogP contribution in [0.25, 0.3) is 0 Å². The zero-order valence-electron chi connectivity index (χ0n) is 19.3. The van der Waals surface area contributed by atoms with Gasteiger partial charge >= 0.3 is 0 Å². The summed E-state index contributed by atoms with van der Waals surface area (Å²) < 4.78 is 10.9. The topological polar surface area (TPSA) is 62.8 Å². The van der Waals surface area contributed by atoms with Crippen LogP contribution >= 0.6 is 11.6 Å². The molecule has 1 atom stereocenters. The predicted molar refractivity (Wildman–Crippen MR) is 136 cm³/mol. The van der Waals surface area contributed by atoms with Crippen molar-refractivity contribution >= 4 is 23.2 Å². The molecular weight excluding hydrogens is 450 g/mol. The van der Waals surface area contributed by atoms with Crippen molar-refractivity contribution in [3.05, 3.63) is 94.5 Å². The van der Waals surface area contributed by atoms with Crippen LogP contribution in [0.15, 0.2) is 72.8 Å². The number of amides is 1. The lowest BCUT2D eigenvalue weighted by molar-refractivity contribution is 0.0161. The number of methoxy groups -OCH3 is 1. The highest BCUT2D eigenvalue weighted by atomic mass is 35.5. The zero-order chi connectivity index (χ0) is 23.8. The quantitative estimate of drug-likeness (QED) is 0.463. The Morgan fingerprint density at radius 1 is 1.06 bits per heavy atom. The van der Waals surface area contributed by atoms with Gasteiger partial charge in [0, 0.05) is 37.9 Å². The lowest BCUT2D eigenvalue weighted by atomic mass is 10.0. The number of rotatable bonds is 9. The number of nitrogens with zero attached hydrogens (tertiary/aromatic N) is 1. The predicted octanol–water partition coefficient (Wildman–Crippen LogP) is 4.76. The van der Waals surface area contributed by atoms with Gasteiger partial charge in [0.1, 0.15) is 5.75 Å². The fourth-order valence-corrected chi connectivity index (χ4v) is 4.35. The average molecular weight is 480 g/mol. The van der Waals surface area contributed by atoms with Gasteiger partial charge in [0.15, 0.2) is 0 Å². The Balaban J connectivity index is 1.39. The number of nitrogens with one attached hydrogen (secondary N) is 2. The molecule has 3 aromatic carbocycles. The summed E-state index contributed by atoms with van der Waals surface area (Å²) in [6.07, 6.45) is 0.